The summed E-state index contributed by atoms with van der Waals surface area (Å²) < 4.78 is 12.3. The number of ether oxygens (including phenoxy) is 2. The highest BCUT2D eigenvalue weighted by molar-refractivity contribution is 5.88. The van der Waals surface area contributed by atoms with Gasteiger partial charge in [-0.05, 0) is 53.4 Å². The van der Waals surface area contributed by atoms with E-state index < -0.39 is 5.60 Å². The van der Waals surface area contributed by atoms with Gasteiger partial charge in [0.05, 0.1) is 19.3 Å². The summed E-state index contributed by atoms with van der Waals surface area (Å²) in [6, 6.07) is 0. The fraction of sp³-hybridized carbons (Fsp3) is 0.947. The van der Waals surface area contributed by atoms with Crippen LogP contribution in [-0.2, 0) is 14.3 Å². The predicted octanol–water partition coefficient (Wildman–Crippen LogP) is 2.58. The molecular formula is C19H32N2O3. The first-order valence-corrected chi connectivity index (χ1v) is 9.59. The highest BCUT2D eigenvalue weighted by Gasteiger charge is 2.65. The van der Waals surface area contributed by atoms with E-state index in [2.05, 4.69) is 37.9 Å². The second kappa shape index (κ2) is 5.18. The molecule has 0 aromatic heterocycles. The first-order valence-electron chi connectivity index (χ1n) is 9.59. The van der Waals surface area contributed by atoms with Gasteiger partial charge in [-0.15, -0.1) is 0 Å². The highest BCUT2D eigenvalue weighted by Crippen LogP contribution is 2.52. The van der Waals surface area contributed by atoms with Gasteiger partial charge in [-0.25, -0.2) is 0 Å². The largest absolute Gasteiger partial charge is 0.371 e. The second-order valence-corrected chi connectivity index (χ2v) is 9.72. The van der Waals surface area contributed by atoms with Crippen LogP contribution in [0.1, 0.15) is 72.6 Å². The SMILES string of the molecule is CC1(C)CC2(CC(C)(C)N1)OC1(CCCCC1)N(CC1CO1)C2=O. The summed E-state index contributed by atoms with van der Waals surface area (Å²) in [7, 11) is 0. The lowest BCUT2D eigenvalue weighted by Gasteiger charge is -2.50. The highest BCUT2D eigenvalue weighted by atomic mass is 16.6. The molecule has 0 aromatic carbocycles. The van der Waals surface area contributed by atoms with Crippen molar-refractivity contribution in [3.8, 4) is 0 Å². The molecule has 1 saturated carbocycles. The van der Waals surface area contributed by atoms with Crippen molar-refractivity contribution in [2.24, 2.45) is 0 Å². The molecule has 0 radical (unpaired) electrons. The van der Waals surface area contributed by atoms with Crippen molar-refractivity contribution in [1.82, 2.24) is 10.2 Å². The average Bonchev–Trinajstić information content (AvgIpc) is 3.22. The Morgan fingerprint density at radius 1 is 1.08 bits per heavy atom. The molecule has 5 heteroatoms. The quantitative estimate of drug-likeness (QED) is 0.788. The lowest BCUT2D eigenvalue weighted by molar-refractivity contribution is -0.181. The van der Waals surface area contributed by atoms with Crippen LogP contribution in [0, 0.1) is 0 Å². The summed E-state index contributed by atoms with van der Waals surface area (Å²) in [5.74, 6) is 0.211. The standard InChI is InChI=1S/C19H32N2O3/c1-16(2)12-18(13-17(3,4)20-16)15(22)21(10-14-11-23-14)19(24-18)8-6-5-7-9-19/h14,20H,5-13H2,1-4H3. The number of hydrogen-bond acceptors (Lipinski definition) is 4. The molecule has 4 aliphatic rings. The molecule has 3 aliphatic heterocycles. The molecule has 136 valence electrons. The number of hydrogen-bond donors (Lipinski definition) is 1. The lowest BCUT2D eigenvalue weighted by Crippen LogP contribution is -2.65. The van der Waals surface area contributed by atoms with Crippen molar-refractivity contribution in [2.75, 3.05) is 13.2 Å². The maximum absolute atomic E-state index is 13.6. The van der Waals surface area contributed by atoms with Gasteiger partial charge in [-0.2, -0.15) is 0 Å². The van der Waals surface area contributed by atoms with Gasteiger partial charge in [0.15, 0.2) is 5.60 Å². The van der Waals surface area contributed by atoms with Gasteiger partial charge in [0.25, 0.3) is 5.91 Å². The fourth-order valence-corrected chi connectivity index (χ4v) is 5.71. The number of carbonyl (C=O) groups is 1. The number of nitrogens with one attached hydrogen (secondary N) is 1. The topological polar surface area (TPSA) is 54.1 Å². The molecule has 1 amide bonds. The second-order valence-electron chi connectivity index (χ2n) is 9.72. The van der Waals surface area contributed by atoms with Crippen LogP contribution in [0.25, 0.3) is 0 Å². The third kappa shape index (κ3) is 2.78. The molecule has 1 N–H and O–H groups in total. The zero-order chi connectivity index (χ0) is 17.2. The van der Waals surface area contributed by atoms with Crippen LogP contribution in [0.15, 0.2) is 0 Å². The molecule has 5 nitrogen and oxygen atoms in total. The third-order valence-corrected chi connectivity index (χ3v) is 6.07. The Balaban J connectivity index is 1.69. The molecule has 1 aliphatic carbocycles. The van der Waals surface area contributed by atoms with E-state index in [1.807, 2.05) is 0 Å². The summed E-state index contributed by atoms with van der Waals surface area (Å²) in [5.41, 5.74) is -1.28. The van der Waals surface area contributed by atoms with E-state index >= 15 is 0 Å². The van der Waals surface area contributed by atoms with Crippen molar-refractivity contribution in [1.29, 1.82) is 0 Å². The minimum Gasteiger partial charge on any atom is -0.371 e. The van der Waals surface area contributed by atoms with Gasteiger partial charge in [-0.1, -0.05) is 6.42 Å². The Kier molecular flexibility index (Phi) is 3.63. The zero-order valence-electron chi connectivity index (χ0n) is 15.6. The molecule has 0 aromatic rings. The van der Waals surface area contributed by atoms with Gasteiger partial charge >= 0.3 is 0 Å². The zero-order valence-corrected chi connectivity index (χ0v) is 15.6. The van der Waals surface area contributed by atoms with Crippen molar-refractivity contribution in [3.63, 3.8) is 0 Å². The first kappa shape index (κ1) is 16.8. The minimum absolute atomic E-state index is 0.112. The summed E-state index contributed by atoms with van der Waals surface area (Å²) in [6.07, 6.45) is 7.20. The van der Waals surface area contributed by atoms with E-state index in [1.165, 1.54) is 6.42 Å². The van der Waals surface area contributed by atoms with Gasteiger partial charge in [0.1, 0.15) is 5.72 Å². The van der Waals surface area contributed by atoms with Crippen LogP contribution in [0.4, 0.5) is 0 Å². The summed E-state index contributed by atoms with van der Waals surface area (Å²) in [5, 5.41) is 3.69. The van der Waals surface area contributed by atoms with Crippen molar-refractivity contribution >= 4 is 5.91 Å². The van der Waals surface area contributed by atoms with E-state index in [-0.39, 0.29) is 28.8 Å². The van der Waals surface area contributed by atoms with Crippen LogP contribution in [0.3, 0.4) is 0 Å². The van der Waals surface area contributed by atoms with Gasteiger partial charge in [0, 0.05) is 23.9 Å². The van der Waals surface area contributed by atoms with Crippen LogP contribution < -0.4 is 5.32 Å². The number of rotatable bonds is 2. The van der Waals surface area contributed by atoms with E-state index in [0.717, 1.165) is 45.1 Å². The van der Waals surface area contributed by atoms with Crippen LogP contribution in [0.5, 0.6) is 0 Å². The summed E-state index contributed by atoms with van der Waals surface area (Å²) >= 11 is 0. The van der Waals surface area contributed by atoms with E-state index in [1.54, 1.807) is 0 Å². The fourth-order valence-electron chi connectivity index (χ4n) is 5.71. The Morgan fingerprint density at radius 3 is 2.21 bits per heavy atom. The van der Waals surface area contributed by atoms with E-state index in [9.17, 15) is 4.79 Å². The van der Waals surface area contributed by atoms with E-state index in [4.69, 9.17) is 9.47 Å². The van der Waals surface area contributed by atoms with Gasteiger partial charge < -0.3 is 19.7 Å². The van der Waals surface area contributed by atoms with Crippen molar-refractivity contribution in [2.45, 2.75) is 101 Å². The molecule has 24 heavy (non-hydrogen) atoms. The monoisotopic (exact) mass is 336 g/mol. The molecule has 0 bridgehead atoms. The van der Waals surface area contributed by atoms with Crippen molar-refractivity contribution < 1.29 is 14.3 Å². The van der Waals surface area contributed by atoms with Gasteiger partial charge in [-0.3, -0.25) is 4.79 Å². The summed E-state index contributed by atoms with van der Waals surface area (Å²) in [6.45, 7) is 10.2. The predicted molar refractivity (Wildman–Crippen MR) is 91.6 cm³/mol. The Labute approximate surface area is 145 Å². The average molecular weight is 336 g/mol. The lowest BCUT2D eigenvalue weighted by atomic mass is 9.72. The number of epoxide rings is 1. The first-order chi connectivity index (χ1) is 11.2. The van der Waals surface area contributed by atoms with E-state index in [0.29, 0.717) is 6.54 Å². The maximum Gasteiger partial charge on any atom is 0.257 e. The Bertz CT molecular complexity index is 517. The Hall–Kier alpha value is -0.650. The minimum atomic E-state index is -0.676. The molecule has 4 fully saturated rings. The van der Waals surface area contributed by atoms with Crippen LogP contribution in [0.2, 0.25) is 0 Å². The third-order valence-electron chi connectivity index (χ3n) is 6.07. The maximum atomic E-state index is 13.6. The van der Waals surface area contributed by atoms with Crippen LogP contribution in [-0.4, -0.2) is 52.5 Å². The summed E-state index contributed by atoms with van der Waals surface area (Å²) in [4.78, 5) is 15.7. The Morgan fingerprint density at radius 2 is 1.67 bits per heavy atom. The van der Waals surface area contributed by atoms with Crippen LogP contribution >= 0.6 is 0 Å². The molecule has 3 heterocycles. The molecule has 1 unspecified atom stereocenters. The number of piperidine rings is 1. The molecular weight excluding hydrogens is 304 g/mol. The normalized spacial score (nSPS) is 35.6. The van der Waals surface area contributed by atoms with Crippen molar-refractivity contribution in [3.05, 3.63) is 0 Å². The number of nitrogens with zero attached hydrogens (tertiary/aromatic N) is 1. The smallest absolute Gasteiger partial charge is 0.257 e. The number of amides is 1. The molecule has 1 atom stereocenters. The molecule has 2 spiro atoms. The van der Waals surface area contributed by atoms with Gasteiger partial charge in [0.2, 0.25) is 0 Å². The molecule has 4 rings (SSSR count). The number of carbonyl (C=O) groups excluding carboxylic acids is 1. The molecule has 3 saturated heterocycles.